The molecule has 0 atom stereocenters. The van der Waals surface area contributed by atoms with Gasteiger partial charge in [-0.3, -0.25) is 9.59 Å². The molecule has 1 N–H and O–H groups in total. The van der Waals surface area contributed by atoms with Gasteiger partial charge in [0.25, 0.3) is 0 Å². The van der Waals surface area contributed by atoms with Gasteiger partial charge in [0.1, 0.15) is 0 Å². The molecule has 0 unspecified atom stereocenters. The number of ketones is 2. The summed E-state index contributed by atoms with van der Waals surface area (Å²) in [5, 5.41) is 11.2. The lowest BCUT2D eigenvalue weighted by atomic mass is 9.82. The van der Waals surface area contributed by atoms with Gasteiger partial charge in [-0.25, -0.2) is 0 Å². The third kappa shape index (κ3) is 5.78. The van der Waals surface area contributed by atoms with Crippen LogP contribution in [0, 0.1) is 0 Å². The van der Waals surface area contributed by atoms with Crippen molar-refractivity contribution in [2.45, 2.75) is 66.7 Å². The Balaban J connectivity index is 2.28. The van der Waals surface area contributed by atoms with Crippen LogP contribution in [0.4, 0.5) is 0 Å². The van der Waals surface area contributed by atoms with Crippen molar-refractivity contribution in [1.82, 2.24) is 0 Å². The summed E-state index contributed by atoms with van der Waals surface area (Å²) in [5.41, 5.74) is 0.119. The molecule has 8 nitrogen and oxygen atoms in total. The van der Waals surface area contributed by atoms with Gasteiger partial charge in [-0.1, -0.05) is 34.6 Å². The van der Waals surface area contributed by atoms with E-state index in [0.717, 1.165) is 12.8 Å². The Morgan fingerprint density at radius 1 is 0.541 bits per heavy atom. The number of carbonyl (C=O) groups excluding carboxylic acids is 2. The van der Waals surface area contributed by atoms with E-state index in [-0.39, 0.29) is 39.5 Å². The number of ether oxygens (including phenoxy) is 5. The summed E-state index contributed by atoms with van der Waals surface area (Å²) in [6, 6.07) is 3.00. The Hall–Kier alpha value is -3.42. The van der Waals surface area contributed by atoms with Crippen LogP contribution in [0.25, 0.3) is 0 Å². The molecule has 0 aliphatic heterocycles. The van der Waals surface area contributed by atoms with E-state index < -0.39 is 17.3 Å². The summed E-state index contributed by atoms with van der Waals surface area (Å²) >= 11 is 0. The number of hydrogen-bond acceptors (Lipinski definition) is 8. The van der Waals surface area contributed by atoms with Crippen molar-refractivity contribution in [3.63, 3.8) is 0 Å². The van der Waals surface area contributed by atoms with Gasteiger partial charge in [0.2, 0.25) is 11.5 Å². The Kier molecular flexibility index (Phi) is 10.1. The van der Waals surface area contributed by atoms with Gasteiger partial charge in [0.05, 0.1) is 44.2 Å². The van der Waals surface area contributed by atoms with Crippen molar-refractivity contribution in [2.24, 2.45) is 0 Å². The van der Waals surface area contributed by atoms with Crippen LogP contribution < -0.4 is 23.7 Å². The van der Waals surface area contributed by atoms with E-state index in [1.165, 1.54) is 12.1 Å². The Bertz CT molecular complexity index is 1120. The van der Waals surface area contributed by atoms with Gasteiger partial charge < -0.3 is 28.8 Å². The Labute approximate surface area is 218 Å². The highest BCUT2D eigenvalue weighted by atomic mass is 16.5. The van der Waals surface area contributed by atoms with Gasteiger partial charge in [-0.05, 0) is 44.2 Å². The summed E-state index contributed by atoms with van der Waals surface area (Å²) < 4.78 is 29.6. The fourth-order valence-corrected chi connectivity index (χ4v) is 3.99. The predicted octanol–water partition coefficient (Wildman–Crippen LogP) is 6.11. The molecule has 0 saturated carbocycles. The van der Waals surface area contributed by atoms with Crippen LogP contribution >= 0.6 is 0 Å². The highest BCUT2D eigenvalue weighted by Crippen LogP contribution is 2.50. The molecule has 0 fully saturated rings. The van der Waals surface area contributed by atoms with Crippen molar-refractivity contribution >= 4 is 11.6 Å². The lowest BCUT2D eigenvalue weighted by Crippen LogP contribution is -2.24. The average Bonchev–Trinajstić information content (AvgIpc) is 2.90. The van der Waals surface area contributed by atoms with Crippen LogP contribution in [0.3, 0.4) is 0 Å². The number of carbonyl (C=O) groups is 2. The first kappa shape index (κ1) is 28.2. The molecule has 0 saturated heterocycles. The molecule has 2 aromatic rings. The third-order valence-electron chi connectivity index (χ3n) is 5.64. The molecule has 0 bridgehead atoms. The first-order valence-corrected chi connectivity index (χ1v) is 13.3. The van der Waals surface area contributed by atoms with E-state index >= 15 is 0 Å². The van der Waals surface area contributed by atoms with Crippen LogP contribution in [0.2, 0.25) is 0 Å². The second-order valence-corrected chi connectivity index (χ2v) is 8.83. The van der Waals surface area contributed by atoms with Gasteiger partial charge in [0, 0.05) is 11.1 Å². The van der Waals surface area contributed by atoms with E-state index in [4.69, 9.17) is 23.7 Å². The molecule has 1 aliphatic carbocycles. The van der Waals surface area contributed by atoms with Crippen molar-refractivity contribution < 1.29 is 38.4 Å². The van der Waals surface area contributed by atoms with E-state index in [9.17, 15) is 14.7 Å². The molecule has 0 heterocycles. The van der Waals surface area contributed by atoms with Crippen molar-refractivity contribution in [2.75, 3.05) is 33.0 Å². The maximum atomic E-state index is 14.0. The molecule has 8 heteroatoms. The molecule has 0 spiro atoms. The largest absolute Gasteiger partial charge is 0.504 e. The van der Waals surface area contributed by atoms with E-state index in [1.807, 2.05) is 34.6 Å². The average molecular weight is 515 g/mol. The molecule has 0 amide bonds. The van der Waals surface area contributed by atoms with Crippen molar-refractivity contribution in [3.05, 3.63) is 34.4 Å². The van der Waals surface area contributed by atoms with Crippen LogP contribution in [0.1, 0.15) is 98.6 Å². The van der Waals surface area contributed by atoms with Gasteiger partial charge in [0.15, 0.2) is 34.6 Å². The maximum absolute atomic E-state index is 14.0. The molecule has 202 valence electrons. The Morgan fingerprint density at radius 3 is 1.43 bits per heavy atom. The number of phenolic OH excluding ortho intramolecular Hbond substituents is 1. The summed E-state index contributed by atoms with van der Waals surface area (Å²) in [6.45, 7) is 11.5. The van der Waals surface area contributed by atoms with E-state index in [1.54, 1.807) is 0 Å². The van der Waals surface area contributed by atoms with Crippen LogP contribution in [0.15, 0.2) is 12.1 Å². The normalized spacial score (nSPS) is 12.1. The number of phenols is 1. The molecule has 2 aromatic carbocycles. The number of fused-ring (bicyclic) bond motifs is 2. The smallest absolute Gasteiger partial charge is 0.204 e. The standard InChI is InChI=1S/C29H38O8/c1-6-11-33-20-16-18-22(26(32)27(20)35-13-8-3)24(30)19-17-21(34-12-7-2)28(36-14-9-4)29(37-15-10-5)23(19)25(18)31/h16-17,32H,6-15H2,1-5H3. The number of benzene rings is 2. The minimum Gasteiger partial charge on any atom is -0.504 e. The molecule has 0 radical (unpaired) electrons. The molecule has 1 aliphatic rings. The Morgan fingerprint density at radius 2 is 0.919 bits per heavy atom. The zero-order valence-electron chi connectivity index (χ0n) is 22.5. The molecule has 0 aromatic heterocycles. The quantitative estimate of drug-likeness (QED) is 0.259. The highest BCUT2D eigenvalue weighted by Gasteiger charge is 2.40. The maximum Gasteiger partial charge on any atom is 0.204 e. The zero-order chi connectivity index (χ0) is 26.9. The molecule has 3 rings (SSSR count). The minimum absolute atomic E-state index is 0.0370. The van der Waals surface area contributed by atoms with Gasteiger partial charge in [-0.15, -0.1) is 0 Å². The van der Waals surface area contributed by atoms with Crippen LogP contribution in [-0.4, -0.2) is 49.7 Å². The number of aromatic hydroxyl groups is 1. The predicted molar refractivity (Wildman–Crippen MR) is 140 cm³/mol. The highest BCUT2D eigenvalue weighted by molar-refractivity contribution is 6.31. The number of rotatable bonds is 15. The van der Waals surface area contributed by atoms with Crippen molar-refractivity contribution in [1.29, 1.82) is 0 Å². The first-order valence-electron chi connectivity index (χ1n) is 13.3. The van der Waals surface area contributed by atoms with Crippen molar-refractivity contribution in [3.8, 4) is 34.5 Å². The summed E-state index contributed by atoms with van der Waals surface area (Å²) in [5.74, 6) is -0.280. The molecule has 37 heavy (non-hydrogen) atoms. The van der Waals surface area contributed by atoms with Crippen LogP contribution in [0.5, 0.6) is 34.5 Å². The summed E-state index contributed by atoms with van der Waals surface area (Å²) in [4.78, 5) is 27.8. The second-order valence-electron chi connectivity index (χ2n) is 8.83. The van der Waals surface area contributed by atoms with E-state index in [0.29, 0.717) is 63.8 Å². The number of hydrogen-bond donors (Lipinski definition) is 1. The monoisotopic (exact) mass is 514 g/mol. The minimum atomic E-state index is -0.518. The molecular formula is C29H38O8. The summed E-state index contributed by atoms with van der Waals surface area (Å²) in [7, 11) is 0. The second kappa shape index (κ2) is 13.2. The zero-order valence-corrected chi connectivity index (χ0v) is 22.5. The first-order chi connectivity index (χ1) is 17.9. The third-order valence-corrected chi connectivity index (χ3v) is 5.64. The summed E-state index contributed by atoms with van der Waals surface area (Å²) in [6.07, 6.45) is 3.57. The van der Waals surface area contributed by atoms with Gasteiger partial charge in [-0.2, -0.15) is 0 Å². The van der Waals surface area contributed by atoms with Crippen LogP contribution in [-0.2, 0) is 0 Å². The fraction of sp³-hybridized carbons (Fsp3) is 0.517. The topological polar surface area (TPSA) is 101 Å². The van der Waals surface area contributed by atoms with Gasteiger partial charge >= 0.3 is 0 Å². The SMILES string of the molecule is CCCOc1cc2c(c(O)c1OCCC)C(=O)c1cc(OCCC)c(OCCC)c(OCCC)c1C2=O. The fourth-order valence-electron chi connectivity index (χ4n) is 3.99. The molecular weight excluding hydrogens is 476 g/mol. The lowest BCUT2D eigenvalue weighted by Gasteiger charge is -2.26. The van der Waals surface area contributed by atoms with E-state index in [2.05, 4.69) is 0 Å². The lowest BCUT2D eigenvalue weighted by molar-refractivity contribution is 0.0970.